The molecule has 1 aromatic carbocycles. The van der Waals surface area contributed by atoms with E-state index in [0.717, 1.165) is 0 Å². The van der Waals surface area contributed by atoms with E-state index in [1.807, 2.05) is 0 Å². The molecule has 0 spiro atoms. The third kappa shape index (κ3) is 5.74. The molecular weight excluding hydrogens is 638 g/mol. The molecule has 13 nitrogen and oxygen atoms in total. The van der Waals surface area contributed by atoms with Crippen LogP contribution >= 0.6 is 0 Å². The summed E-state index contributed by atoms with van der Waals surface area (Å²) in [6, 6.07) is 6.75. The molecule has 11 atom stereocenters. The fraction of sp³-hybridized carbons (Fsp3) is 0.611. The molecule has 2 saturated carbocycles. The number of aliphatic hydroxyl groups is 5. The molecule has 1 amide bonds. The van der Waals surface area contributed by atoms with Gasteiger partial charge in [0.2, 0.25) is 5.91 Å². The highest BCUT2D eigenvalue weighted by Crippen LogP contribution is 2.63. The van der Waals surface area contributed by atoms with Gasteiger partial charge in [-0.05, 0) is 51.0 Å². The quantitative estimate of drug-likeness (QED) is 0.175. The van der Waals surface area contributed by atoms with Gasteiger partial charge in [0.05, 0.1) is 35.8 Å². The summed E-state index contributed by atoms with van der Waals surface area (Å²) in [5.41, 5.74) is -6.65. The molecule has 2 bridgehead atoms. The van der Waals surface area contributed by atoms with Crippen LogP contribution in [0.25, 0.3) is 0 Å². The van der Waals surface area contributed by atoms with Crippen molar-refractivity contribution < 1.29 is 58.9 Å². The number of hydrogen-bond acceptors (Lipinski definition) is 12. The van der Waals surface area contributed by atoms with Crippen molar-refractivity contribution in [3.63, 3.8) is 0 Å². The van der Waals surface area contributed by atoms with Gasteiger partial charge in [-0.1, -0.05) is 43.7 Å². The second kappa shape index (κ2) is 12.7. The van der Waals surface area contributed by atoms with Gasteiger partial charge in [-0.15, -0.1) is 0 Å². The van der Waals surface area contributed by atoms with E-state index in [2.05, 4.69) is 5.32 Å². The summed E-state index contributed by atoms with van der Waals surface area (Å²) in [5, 5.41) is 62.2. The highest BCUT2D eigenvalue weighted by atomic mass is 16.6. The first-order valence-electron chi connectivity index (χ1n) is 16.5. The van der Waals surface area contributed by atoms with E-state index in [0.29, 0.717) is 5.57 Å². The van der Waals surface area contributed by atoms with Crippen molar-refractivity contribution in [2.45, 2.75) is 115 Å². The molecule has 268 valence electrons. The Kier molecular flexibility index (Phi) is 9.54. The molecule has 5 rings (SSSR count). The first-order chi connectivity index (χ1) is 22.7. The van der Waals surface area contributed by atoms with Crippen LogP contribution in [0.15, 0.2) is 53.1 Å². The van der Waals surface area contributed by atoms with Gasteiger partial charge < -0.3 is 45.1 Å². The summed E-state index contributed by atoms with van der Waals surface area (Å²) < 4.78 is 17.6. The number of allylic oxidation sites excluding steroid dienone is 1. The number of fused-ring (bicyclic) bond motifs is 5. The van der Waals surface area contributed by atoms with E-state index in [-0.39, 0.29) is 29.7 Å². The zero-order chi connectivity index (χ0) is 36.4. The molecule has 3 aliphatic carbocycles. The van der Waals surface area contributed by atoms with Crippen molar-refractivity contribution in [3.05, 3.63) is 58.7 Å². The number of amides is 1. The first-order valence-corrected chi connectivity index (χ1v) is 16.5. The van der Waals surface area contributed by atoms with Crippen molar-refractivity contribution in [1.82, 2.24) is 5.32 Å². The van der Waals surface area contributed by atoms with Gasteiger partial charge in [-0.25, -0.2) is 9.59 Å². The van der Waals surface area contributed by atoms with Crippen LogP contribution in [0.2, 0.25) is 0 Å². The van der Waals surface area contributed by atoms with Gasteiger partial charge in [0.25, 0.3) is 0 Å². The van der Waals surface area contributed by atoms with E-state index < -0.39 is 101 Å². The predicted molar refractivity (Wildman–Crippen MR) is 173 cm³/mol. The number of carbonyl (C=O) groups is 4. The van der Waals surface area contributed by atoms with Gasteiger partial charge in [-0.2, -0.15) is 0 Å². The number of nitrogens with one attached hydrogen (secondary N) is 1. The Morgan fingerprint density at radius 2 is 1.67 bits per heavy atom. The zero-order valence-corrected chi connectivity index (χ0v) is 28.8. The number of ether oxygens (including phenoxy) is 3. The lowest BCUT2D eigenvalue weighted by molar-refractivity contribution is -0.343. The zero-order valence-electron chi connectivity index (χ0n) is 28.8. The molecule has 4 aliphatic rings. The van der Waals surface area contributed by atoms with E-state index in [9.17, 15) is 44.7 Å². The van der Waals surface area contributed by atoms with Crippen molar-refractivity contribution in [2.75, 3.05) is 6.61 Å². The normalized spacial score (nSPS) is 37.5. The fourth-order valence-electron chi connectivity index (χ4n) is 8.54. The average molecular weight is 686 g/mol. The van der Waals surface area contributed by atoms with E-state index in [4.69, 9.17) is 14.2 Å². The third-order valence-corrected chi connectivity index (χ3v) is 11.3. The Balaban J connectivity index is 1.68. The van der Waals surface area contributed by atoms with Gasteiger partial charge >= 0.3 is 11.9 Å². The highest BCUT2D eigenvalue weighted by molar-refractivity contribution is 5.94. The summed E-state index contributed by atoms with van der Waals surface area (Å²) >= 11 is 0. The second-order valence-corrected chi connectivity index (χ2v) is 15.0. The van der Waals surface area contributed by atoms with Crippen LogP contribution in [-0.2, 0) is 28.6 Å². The van der Waals surface area contributed by atoms with Crippen LogP contribution in [0.1, 0.15) is 71.7 Å². The lowest BCUT2D eigenvalue weighted by Gasteiger charge is -2.66. The number of rotatable bonds is 7. The fourth-order valence-corrected chi connectivity index (χ4v) is 8.54. The summed E-state index contributed by atoms with van der Waals surface area (Å²) in [6.07, 6.45) is -8.50. The molecule has 6 N–H and O–H groups in total. The minimum atomic E-state index is -2.26. The summed E-state index contributed by atoms with van der Waals surface area (Å²) in [5.74, 6) is -4.94. The Bertz CT molecular complexity index is 1580. The van der Waals surface area contributed by atoms with Crippen molar-refractivity contribution in [3.8, 4) is 0 Å². The van der Waals surface area contributed by atoms with Crippen molar-refractivity contribution in [2.24, 2.45) is 16.7 Å². The number of carbonyl (C=O) groups excluding carboxylic acids is 4. The molecule has 0 aromatic heterocycles. The van der Waals surface area contributed by atoms with Crippen LogP contribution in [0.5, 0.6) is 0 Å². The molecule has 1 saturated heterocycles. The number of benzene rings is 1. The largest absolute Gasteiger partial charge is 0.456 e. The van der Waals surface area contributed by atoms with Crippen LogP contribution in [-0.4, -0.2) is 110 Å². The molecule has 1 aromatic rings. The topological polar surface area (TPSA) is 209 Å². The minimum Gasteiger partial charge on any atom is -0.456 e. The van der Waals surface area contributed by atoms with E-state index in [1.54, 1.807) is 45.9 Å². The predicted octanol–water partition coefficient (Wildman–Crippen LogP) is 0.894. The number of esters is 2. The van der Waals surface area contributed by atoms with Crippen LogP contribution in [0.3, 0.4) is 0 Å². The van der Waals surface area contributed by atoms with Gasteiger partial charge in [0.15, 0.2) is 11.9 Å². The SMILES string of the molecule is CC(=O)NC(C=C(C)C)C(O)C(=O)OC1CC2(O)C(OC(=O)c3ccccc3)C3[C@]4(O)COC4CC(O)[C@@]3(C)C(=O)C(O)C(=C1C)C2(C)C. The highest BCUT2D eigenvalue weighted by Gasteiger charge is 2.76. The Morgan fingerprint density at radius 3 is 2.22 bits per heavy atom. The third-order valence-electron chi connectivity index (χ3n) is 11.3. The van der Waals surface area contributed by atoms with Crippen molar-refractivity contribution >= 4 is 23.6 Å². The maximum atomic E-state index is 14.5. The average Bonchev–Trinajstić information content (AvgIpc) is 3.02. The maximum Gasteiger partial charge on any atom is 0.338 e. The molecular formula is C36H47NO12. The standard InChI is InChI=1S/C36H47NO12/c1-17(2)13-21(37-19(4)38)26(40)32(44)48-22-15-36(46)30(49-31(43)20-11-9-8-10-12-20)28-34(7,23(39)14-24-35(28,45)16-47-24)29(42)27(41)25(18(22)3)33(36,5)6/h8-13,21-24,26-28,30,39-41,45-46H,14-16H2,1-7H3,(H,37,38)/t21?,22?,23?,24?,26?,27?,28?,30?,34-,35+,36?/m1/s1. The molecule has 9 unspecified atom stereocenters. The number of aliphatic hydroxyl groups excluding tert-OH is 3. The van der Waals surface area contributed by atoms with Gasteiger partial charge in [0.1, 0.15) is 29.5 Å². The minimum absolute atomic E-state index is 0.0205. The molecule has 1 heterocycles. The lowest BCUT2D eigenvalue weighted by atomic mass is 9.44. The Morgan fingerprint density at radius 1 is 1.04 bits per heavy atom. The second-order valence-electron chi connectivity index (χ2n) is 15.0. The number of Topliss-reactive ketones (excluding diaryl/α,β-unsaturated/α-hetero) is 1. The molecule has 49 heavy (non-hydrogen) atoms. The van der Waals surface area contributed by atoms with Gasteiger partial charge in [-0.3, -0.25) is 9.59 Å². The Labute approximate surface area is 284 Å². The molecule has 3 fully saturated rings. The van der Waals surface area contributed by atoms with Crippen LogP contribution in [0.4, 0.5) is 0 Å². The number of ketones is 1. The van der Waals surface area contributed by atoms with E-state index in [1.165, 1.54) is 39.0 Å². The molecule has 1 aliphatic heterocycles. The molecule has 0 radical (unpaired) electrons. The van der Waals surface area contributed by atoms with Crippen molar-refractivity contribution in [1.29, 1.82) is 0 Å². The van der Waals surface area contributed by atoms with Crippen LogP contribution in [0, 0.1) is 16.7 Å². The monoisotopic (exact) mass is 685 g/mol. The van der Waals surface area contributed by atoms with Crippen LogP contribution < -0.4 is 5.32 Å². The summed E-state index contributed by atoms with van der Waals surface area (Å²) in [7, 11) is 0. The Hall–Kier alpha value is -3.46. The maximum absolute atomic E-state index is 14.5. The van der Waals surface area contributed by atoms with E-state index >= 15 is 0 Å². The smallest absolute Gasteiger partial charge is 0.338 e. The first kappa shape index (κ1) is 36.8. The summed E-state index contributed by atoms with van der Waals surface area (Å²) in [6.45, 7) is 10.4. The van der Waals surface area contributed by atoms with Gasteiger partial charge in [0, 0.05) is 31.1 Å². The summed E-state index contributed by atoms with van der Waals surface area (Å²) in [4.78, 5) is 53.7. The molecule has 13 heteroatoms. The number of hydrogen-bond donors (Lipinski definition) is 6. The lowest BCUT2D eigenvalue weighted by Crippen LogP contribution is -2.81.